The van der Waals surface area contributed by atoms with Crippen molar-refractivity contribution in [1.82, 2.24) is 4.90 Å². The molecule has 0 heterocycles. The average Bonchev–Trinajstić information content (AvgIpc) is 2.19. The molecule has 1 rings (SSSR count). The van der Waals surface area contributed by atoms with Crippen LogP contribution in [0, 0.1) is 5.92 Å². The zero-order valence-corrected chi connectivity index (χ0v) is 9.92. The van der Waals surface area contributed by atoms with Crippen LogP contribution in [0.1, 0.15) is 25.7 Å². The molecule has 102 valence electrons. The van der Waals surface area contributed by atoms with E-state index in [1.54, 1.807) is 0 Å². The van der Waals surface area contributed by atoms with Gasteiger partial charge < -0.3 is 10.8 Å². The molecule has 1 aliphatic carbocycles. The van der Waals surface area contributed by atoms with Gasteiger partial charge in [-0.05, 0) is 18.8 Å². The lowest BCUT2D eigenvalue weighted by Gasteiger charge is -2.33. The van der Waals surface area contributed by atoms with Crippen LogP contribution in [0.15, 0.2) is 0 Å². The molecule has 0 amide bonds. The van der Waals surface area contributed by atoms with Gasteiger partial charge in [0.05, 0.1) is 13.2 Å². The van der Waals surface area contributed by atoms with Gasteiger partial charge in [-0.1, -0.05) is 12.8 Å². The van der Waals surface area contributed by atoms with E-state index in [0.29, 0.717) is 6.54 Å². The molecule has 1 saturated carbocycles. The van der Waals surface area contributed by atoms with Gasteiger partial charge in [0, 0.05) is 19.1 Å². The topological polar surface area (TPSA) is 49.5 Å². The Morgan fingerprint density at radius 2 is 1.88 bits per heavy atom. The van der Waals surface area contributed by atoms with E-state index >= 15 is 0 Å². The van der Waals surface area contributed by atoms with Crippen molar-refractivity contribution in [3.63, 3.8) is 0 Å². The highest BCUT2D eigenvalue weighted by molar-refractivity contribution is 4.81. The van der Waals surface area contributed by atoms with Crippen molar-refractivity contribution in [2.75, 3.05) is 26.2 Å². The third kappa shape index (κ3) is 5.70. The molecule has 0 bridgehead atoms. The maximum absolute atomic E-state index is 12.3. The highest BCUT2D eigenvalue weighted by Gasteiger charge is 2.32. The molecule has 1 fully saturated rings. The van der Waals surface area contributed by atoms with Crippen molar-refractivity contribution >= 4 is 0 Å². The minimum Gasteiger partial charge on any atom is -0.395 e. The van der Waals surface area contributed by atoms with Gasteiger partial charge in [0.1, 0.15) is 0 Å². The SMILES string of the molecule is NC1CCCCC1CN(CCO)CC(F)(F)F. The summed E-state index contributed by atoms with van der Waals surface area (Å²) in [5.41, 5.74) is 5.92. The monoisotopic (exact) mass is 254 g/mol. The summed E-state index contributed by atoms with van der Waals surface area (Å²) in [4.78, 5) is 1.26. The summed E-state index contributed by atoms with van der Waals surface area (Å²) < 4.78 is 37.0. The second-order valence-corrected chi connectivity index (χ2v) is 4.78. The van der Waals surface area contributed by atoms with Crippen LogP contribution in [0.3, 0.4) is 0 Å². The molecule has 6 heteroatoms. The average molecular weight is 254 g/mol. The fraction of sp³-hybridized carbons (Fsp3) is 1.00. The number of aliphatic hydroxyl groups excluding tert-OH is 1. The van der Waals surface area contributed by atoms with Gasteiger partial charge in [-0.25, -0.2) is 0 Å². The number of halogens is 3. The Labute approximate surface area is 99.8 Å². The molecule has 0 aromatic carbocycles. The van der Waals surface area contributed by atoms with Crippen LogP contribution in [0.5, 0.6) is 0 Å². The molecule has 0 aromatic rings. The lowest BCUT2D eigenvalue weighted by Crippen LogP contribution is -2.45. The van der Waals surface area contributed by atoms with Gasteiger partial charge in [0.2, 0.25) is 0 Å². The van der Waals surface area contributed by atoms with E-state index in [2.05, 4.69) is 0 Å². The van der Waals surface area contributed by atoms with Crippen molar-refractivity contribution in [2.45, 2.75) is 37.9 Å². The molecule has 3 nitrogen and oxygen atoms in total. The molecular weight excluding hydrogens is 233 g/mol. The van der Waals surface area contributed by atoms with E-state index in [-0.39, 0.29) is 25.1 Å². The summed E-state index contributed by atoms with van der Waals surface area (Å²) in [5, 5.41) is 8.79. The largest absolute Gasteiger partial charge is 0.401 e. The van der Waals surface area contributed by atoms with Gasteiger partial charge in [0.25, 0.3) is 0 Å². The number of hydrogen-bond donors (Lipinski definition) is 2. The highest BCUT2D eigenvalue weighted by atomic mass is 19.4. The molecule has 1 aliphatic rings. The molecule has 0 spiro atoms. The first-order valence-electron chi connectivity index (χ1n) is 6.08. The normalized spacial score (nSPS) is 26.5. The maximum atomic E-state index is 12.3. The third-order valence-electron chi connectivity index (χ3n) is 3.28. The molecule has 0 radical (unpaired) electrons. The second kappa shape index (κ2) is 6.56. The number of aliphatic hydroxyl groups is 1. The van der Waals surface area contributed by atoms with E-state index in [9.17, 15) is 13.2 Å². The fourth-order valence-electron chi connectivity index (χ4n) is 2.42. The lowest BCUT2D eigenvalue weighted by molar-refractivity contribution is -0.148. The van der Waals surface area contributed by atoms with Crippen molar-refractivity contribution in [2.24, 2.45) is 11.7 Å². The second-order valence-electron chi connectivity index (χ2n) is 4.78. The molecular formula is C11H21F3N2O. The lowest BCUT2D eigenvalue weighted by atomic mass is 9.84. The number of rotatable bonds is 5. The van der Waals surface area contributed by atoms with E-state index < -0.39 is 12.7 Å². The Balaban J connectivity index is 2.47. The predicted molar refractivity (Wildman–Crippen MR) is 59.5 cm³/mol. The quantitative estimate of drug-likeness (QED) is 0.779. The fourth-order valence-corrected chi connectivity index (χ4v) is 2.42. The zero-order valence-electron chi connectivity index (χ0n) is 9.92. The first-order chi connectivity index (χ1) is 7.92. The Kier molecular flexibility index (Phi) is 5.69. The van der Waals surface area contributed by atoms with Crippen molar-refractivity contribution in [3.05, 3.63) is 0 Å². The van der Waals surface area contributed by atoms with E-state index in [4.69, 9.17) is 10.8 Å². The van der Waals surface area contributed by atoms with Crippen LogP contribution < -0.4 is 5.73 Å². The van der Waals surface area contributed by atoms with E-state index in [1.807, 2.05) is 0 Å². The van der Waals surface area contributed by atoms with E-state index in [1.165, 1.54) is 4.90 Å². The summed E-state index contributed by atoms with van der Waals surface area (Å²) in [7, 11) is 0. The molecule has 0 aromatic heterocycles. The zero-order chi connectivity index (χ0) is 12.9. The molecule has 0 saturated heterocycles. The van der Waals surface area contributed by atoms with Crippen LogP contribution in [0.4, 0.5) is 13.2 Å². The number of alkyl halides is 3. The molecule has 3 N–H and O–H groups in total. The Morgan fingerprint density at radius 1 is 1.24 bits per heavy atom. The molecule has 2 atom stereocenters. The van der Waals surface area contributed by atoms with Crippen molar-refractivity contribution in [1.29, 1.82) is 0 Å². The molecule has 0 aliphatic heterocycles. The van der Waals surface area contributed by atoms with Crippen LogP contribution in [-0.2, 0) is 0 Å². The minimum absolute atomic E-state index is 0.00169. The molecule has 2 unspecified atom stereocenters. The van der Waals surface area contributed by atoms with Crippen LogP contribution in [-0.4, -0.2) is 48.5 Å². The summed E-state index contributed by atoms with van der Waals surface area (Å²) in [6.45, 7) is -0.821. The number of hydrogen-bond acceptors (Lipinski definition) is 3. The van der Waals surface area contributed by atoms with Gasteiger partial charge in [-0.3, -0.25) is 4.90 Å². The van der Waals surface area contributed by atoms with Crippen LogP contribution in [0.2, 0.25) is 0 Å². The van der Waals surface area contributed by atoms with Gasteiger partial charge in [0.15, 0.2) is 0 Å². The van der Waals surface area contributed by atoms with Gasteiger partial charge >= 0.3 is 6.18 Å². The van der Waals surface area contributed by atoms with Crippen molar-refractivity contribution in [3.8, 4) is 0 Å². The first kappa shape index (κ1) is 14.7. The van der Waals surface area contributed by atoms with Gasteiger partial charge in [-0.15, -0.1) is 0 Å². The minimum atomic E-state index is -4.21. The summed E-state index contributed by atoms with van der Waals surface area (Å²) in [5.74, 6) is 0.123. The maximum Gasteiger partial charge on any atom is 0.401 e. The third-order valence-corrected chi connectivity index (χ3v) is 3.28. The highest BCUT2D eigenvalue weighted by Crippen LogP contribution is 2.25. The van der Waals surface area contributed by atoms with E-state index in [0.717, 1.165) is 25.7 Å². The predicted octanol–water partition coefficient (Wildman–Crippen LogP) is 1.36. The number of nitrogens with two attached hydrogens (primary N) is 1. The summed E-state index contributed by atoms with van der Waals surface area (Å²) in [6.07, 6.45) is -0.327. The molecule has 17 heavy (non-hydrogen) atoms. The number of nitrogens with zero attached hydrogens (tertiary/aromatic N) is 1. The van der Waals surface area contributed by atoms with Crippen LogP contribution in [0.25, 0.3) is 0 Å². The Morgan fingerprint density at radius 3 is 2.41 bits per heavy atom. The summed E-state index contributed by atoms with van der Waals surface area (Å²) in [6, 6.07) is -0.00169. The van der Waals surface area contributed by atoms with Gasteiger partial charge in [-0.2, -0.15) is 13.2 Å². The Hall–Kier alpha value is -0.330. The summed E-state index contributed by atoms with van der Waals surface area (Å²) >= 11 is 0. The first-order valence-corrected chi connectivity index (χ1v) is 6.08. The van der Waals surface area contributed by atoms with Crippen molar-refractivity contribution < 1.29 is 18.3 Å². The smallest absolute Gasteiger partial charge is 0.395 e. The Bertz CT molecular complexity index is 223. The standard InChI is InChI=1S/C11H21F3N2O/c12-11(13,14)8-16(5-6-17)7-9-3-1-2-4-10(9)15/h9-10,17H,1-8,15H2. The van der Waals surface area contributed by atoms with Crippen LogP contribution >= 0.6 is 0 Å².